The molecule has 1 aromatic carbocycles. The van der Waals surface area contributed by atoms with E-state index in [9.17, 15) is 4.79 Å². The standard InChI is InChI=1S/C25H37N3OS/c1-2-3-4-5-6-7-8-9-10-13-24(29)26-22-16-14-21(15-17-22)23-20-30-25(27-23)28-18-11-12-19-28/h14-17,20H,2-13,18-19H2,1H3,(H,26,29). The van der Waals surface area contributed by atoms with Crippen LogP contribution < -0.4 is 10.2 Å². The molecule has 2 aromatic rings. The summed E-state index contributed by atoms with van der Waals surface area (Å²) in [5.74, 6) is 0.121. The molecule has 3 rings (SSSR count). The first-order valence-corrected chi connectivity index (χ1v) is 12.7. The summed E-state index contributed by atoms with van der Waals surface area (Å²) in [6.45, 7) is 4.50. The third-order valence-corrected chi connectivity index (χ3v) is 6.74. The van der Waals surface area contributed by atoms with Crippen LogP contribution in [0.3, 0.4) is 0 Å². The van der Waals surface area contributed by atoms with E-state index in [1.54, 1.807) is 11.3 Å². The summed E-state index contributed by atoms with van der Waals surface area (Å²) in [4.78, 5) is 19.4. The van der Waals surface area contributed by atoms with Crippen molar-refractivity contribution in [3.8, 4) is 11.3 Å². The first-order valence-electron chi connectivity index (χ1n) is 11.9. The highest BCUT2D eigenvalue weighted by Gasteiger charge is 2.16. The van der Waals surface area contributed by atoms with Crippen molar-refractivity contribution in [1.29, 1.82) is 0 Å². The monoisotopic (exact) mass is 427 g/mol. The summed E-state index contributed by atoms with van der Waals surface area (Å²) < 4.78 is 0. The summed E-state index contributed by atoms with van der Waals surface area (Å²) in [5, 5.41) is 6.29. The summed E-state index contributed by atoms with van der Waals surface area (Å²) in [5.41, 5.74) is 3.00. The second-order valence-corrected chi connectivity index (χ2v) is 9.25. The van der Waals surface area contributed by atoms with Crippen molar-refractivity contribution in [2.45, 2.75) is 84.0 Å². The molecule has 1 amide bonds. The average Bonchev–Trinajstić information content (AvgIpc) is 3.45. The van der Waals surface area contributed by atoms with Gasteiger partial charge in [-0.25, -0.2) is 4.98 Å². The zero-order valence-electron chi connectivity index (χ0n) is 18.5. The molecule has 1 aliphatic heterocycles. The molecule has 0 spiro atoms. The summed E-state index contributed by atoms with van der Waals surface area (Å²) >= 11 is 1.72. The van der Waals surface area contributed by atoms with Crippen LogP contribution in [-0.2, 0) is 4.79 Å². The molecule has 1 aliphatic rings. The molecule has 0 bridgehead atoms. The number of benzene rings is 1. The van der Waals surface area contributed by atoms with E-state index in [4.69, 9.17) is 4.98 Å². The second-order valence-electron chi connectivity index (χ2n) is 8.41. The molecule has 5 heteroatoms. The lowest BCUT2D eigenvalue weighted by atomic mass is 10.1. The van der Waals surface area contributed by atoms with Gasteiger partial charge >= 0.3 is 0 Å². The molecular formula is C25H37N3OS. The largest absolute Gasteiger partial charge is 0.348 e. The first-order chi connectivity index (χ1) is 14.8. The van der Waals surface area contributed by atoms with Gasteiger partial charge in [-0.2, -0.15) is 0 Å². The fraction of sp³-hybridized carbons (Fsp3) is 0.600. The van der Waals surface area contributed by atoms with Crippen molar-refractivity contribution in [3.63, 3.8) is 0 Å². The Morgan fingerprint density at radius 3 is 2.27 bits per heavy atom. The minimum Gasteiger partial charge on any atom is -0.348 e. The number of carbonyl (C=O) groups excluding carboxylic acids is 1. The van der Waals surface area contributed by atoms with Gasteiger partial charge in [-0.1, -0.05) is 70.4 Å². The molecule has 1 N–H and O–H groups in total. The van der Waals surface area contributed by atoms with Crippen molar-refractivity contribution >= 4 is 28.1 Å². The van der Waals surface area contributed by atoms with Crippen molar-refractivity contribution in [3.05, 3.63) is 29.6 Å². The van der Waals surface area contributed by atoms with Gasteiger partial charge in [-0.05, 0) is 31.4 Å². The number of unbranched alkanes of at least 4 members (excludes halogenated alkanes) is 8. The Kier molecular flexibility index (Phi) is 9.68. The third kappa shape index (κ3) is 7.42. The van der Waals surface area contributed by atoms with Crippen LogP contribution in [0.15, 0.2) is 29.6 Å². The van der Waals surface area contributed by atoms with Crippen LogP contribution in [-0.4, -0.2) is 24.0 Å². The van der Waals surface area contributed by atoms with Crippen molar-refractivity contribution in [1.82, 2.24) is 4.98 Å². The van der Waals surface area contributed by atoms with Gasteiger partial charge in [0.2, 0.25) is 5.91 Å². The quantitative estimate of drug-likeness (QED) is 0.342. The second kappa shape index (κ2) is 12.7. The number of amides is 1. The SMILES string of the molecule is CCCCCCCCCCCC(=O)Nc1ccc(-c2csc(N3CCCC3)n2)cc1. The van der Waals surface area contributed by atoms with Crippen molar-refractivity contribution < 1.29 is 4.79 Å². The van der Waals surface area contributed by atoms with Gasteiger partial charge in [0.15, 0.2) is 5.13 Å². The van der Waals surface area contributed by atoms with E-state index < -0.39 is 0 Å². The number of aromatic nitrogens is 1. The van der Waals surface area contributed by atoms with Crippen molar-refractivity contribution in [2.75, 3.05) is 23.3 Å². The van der Waals surface area contributed by atoms with E-state index in [2.05, 4.69) is 34.7 Å². The van der Waals surface area contributed by atoms with E-state index in [-0.39, 0.29) is 5.91 Å². The summed E-state index contributed by atoms with van der Waals surface area (Å²) in [6.07, 6.45) is 14.6. The normalized spacial score (nSPS) is 13.7. The lowest BCUT2D eigenvalue weighted by Crippen LogP contribution is -2.17. The molecule has 164 valence electrons. The van der Waals surface area contributed by atoms with E-state index in [1.807, 2.05) is 12.1 Å². The number of thiazole rings is 1. The Morgan fingerprint density at radius 1 is 0.967 bits per heavy atom. The molecule has 4 nitrogen and oxygen atoms in total. The van der Waals surface area contributed by atoms with Crippen LogP contribution >= 0.6 is 11.3 Å². The smallest absolute Gasteiger partial charge is 0.224 e. The molecule has 1 saturated heterocycles. The van der Waals surface area contributed by atoms with Crippen LogP contribution in [0, 0.1) is 0 Å². The van der Waals surface area contributed by atoms with Crippen LogP contribution in [0.2, 0.25) is 0 Å². The number of carbonyl (C=O) groups is 1. The maximum absolute atomic E-state index is 12.2. The Balaban J connectivity index is 1.33. The first kappa shape index (κ1) is 22.8. The molecule has 30 heavy (non-hydrogen) atoms. The Bertz CT molecular complexity index is 750. The van der Waals surface area contributed by atoms with Gasteiger partial charge in [-0.15, -0.1) is 11.3 Å². The van der Waals surface area contributed by atoms with Gasteiger partial charge in [0.05, 0.1) is 5.69 Å². The molecule has 2 heterocycles. The maximum atomic E-state index is 12.2. The Labute approximate surface area is 186 Å². The summed E-state index contributed by atoms with van der Waals surface area (Å²) in [6, 6.07) is 8.07. The highest BCUT2D eigenvalue weighted by Crippen LogP contribution is 2.30. The molecule has 1 aromatic heterocycles. The Hall–Kier alpha value is -1.88. The fourth-order valence-corrected chi connectivity index (χ4v) is 4.88. The fourth-order valence-electron chi connectivity index (χ4n) is 3.99. The van der Waals surface area contributed by atoms with E-state index >= 15 is 0 Å². The predicted molar refractivity (Wildman–Crippen MR) is 129 cm³/mol. The van der Waals surface area contributed by atoms with Crippen LogP contribution in [0.25, 0.3) is 11.3 Å². The minimum atomic E-state index is 0.121. The van der Waals surface area contributed by atoms with Gasteiger partial charge in [0.1, 0.15) is 0 Å². The predicted octanol–water partition coefficient (Wildman–Crippen LogP) is 7.27. The lowest BCUT2D eigenvalue weighted by molar-refractivity contribution is -0.116. The number of anilines is 2. The highest BCUT2D eigenvalue weighted by atomic mass is 32.1. The molecule has 0 aliphatic carbocycles. The van der Waals surface area contributed by atoms with E-state index in [0.29, 0.717) is 6.42 Å². The van der Waals surface area contributed by atoms with Crippen LogP contribution in [0.5, 0.6) is 0 Å². The van der Waals surface area contributed by atoms with Crippen molar-refractivity contribution in [2.24, 2.45) is 0 Å². The average molecular weight is 428 g/mol. The van der Waals surface area contributed by atoms with Crippen LogP contribution in [0.4, 0.5) is 10.8 Å². The van der Waals surface area contributed by atoms with Gasteiger partial charge in [-0.3, -0.25) is 4.79 Å². The number of rotatable bonds is 13. The molecule has 0 radical (unpaired) electrons. The van der Waals surface area contributed by atoms with E-state index in [0.717, 1.165) is 48.0 Å². The molecule has 0 atom stereocenters. The lowest BCUT2D eigenvalue weighted by Gasteiger charge is -2.12. The zero-order chi connectivity index (χ0) is 21.0. The Morgan fingerprint density at radius 2 is 1.60 bits per heavy atom. The van der Waals surface area contributed by atoms with Gasteiger partial charge < -0.3 is 10.2 Å². The molecule has 0 unspecified atom stereocenters. The summed E-state index contributed by atoms with van der Waals surface area (Å²) in [7, 11) is 0. The molecule has 1 fully saturated rings. The molecular weight excluding hydrogens is 390 g/mol. The molecule has 0 saturated carbocycles. The number of nitrogens with zero attached hydrogens (tertiary/aromatic N) is 2. The number of nitrogens with one attached hydrogen (secondary N) is 1. The van der Waals surface area contributed by atoms with Gasteiger partial charge in [0, 0.05) is 36.1 Å². The van der Waals surface area contributed by atoms with Crippen LogP contribution in [0.1, 0.15) is 84.0 Å². The van der Waals surface area contributed by atoms with Gasteiger partial charge in [0.25, 0.3) is 0 Å². The maximum Gasteiger partial charge on any atom is 0.224 e. The number of hydrogen-bond acceptors (Lipinski definition) is 4. The highest BCUT2D eigenvalue weighted by molar-refractivity contribution is 7.14. The minimum absolute atomic E-state index is 0.121. The zero-order valence-corrected chi connectivity index (χ0v) is 19.3. The van der Waals surface area contributed by atoms with E-state index in [1.165, 1.54) is 57.8 Å². The third-order valence-electron chi connectivity index (χ3n) is 5.84. The topological polar surface area (TPSA) is 45.2 Å². The number of hydrogen-bond donors (Lipinski definition) is 1.